The van der Waals surface area contributed by atoms with Gasteiger partial charge in [0.05, 0.1) is 13.7 Å². The molecule has 0 aliphatic carbocycles. The van der Waals surface area contributed by atoms with Crippen LogP contribution in [0.25, 0.3) is 0 Å². The number of methoxy groups -OCH3 is 1. The minimum absolute atomic E-state index is 0.619. The van der Waals surface area contributed by atoms with Gasteiger partial charge in [0.1, 0.15) is 6.61 Å². The summed E-state index contributed by atoms with van der Waals surface area (Å²) in [7, 11) is 1.66. The zero-order chi connectivity index (χ0) is 14.6. The lowest BCUT2D eigenvalue weighted by atomic mass is 10.2. The van der Waals surface area contributed by atoms with Gasteiger partial charge in [-0.25, -0.2) is 0 Å². The monoisotopic (exact) mass is 281 g/mol. The maximum atomic E-state index is 5.70. The molecule has 0 aliphatic heterocycles. The number of benzene rings is 1. The Kier molecular flexibility index (Phi) is 8.83. The van der Waals surface area contributed by atoms with Crippen molar-refractivity contribution in [2.75, 3.05) is 40.0 Å². The Morgan fingerprint density at radius 2 is 1.85 bits per heavy atom. The van der Waals surface area contributed by atoms with E-state index in [1.165, 1.54) is 6.42 Å². The number of ether oxygens (including phenoxy) is 3. The highest BCUT2D eigenvalue weighted by Gasteiger charge is 2.03. The highest BCUT2D eigenvalue weighted by molar-refractivity contribution is 5.42. The Hall–Kier alpha value is -1.26. The molecule has 1 N–H and O–H groups in total. The molecule has 0 bridgehead atoms. The fraction of sp³-hybridized carbons (Fsp3) is 0.625. The predicted octanol–water partition coefficient (Wildman–Crippen LogP) is 2.79. The van der Waals surface area contributed by atoms with Crippen LogP contribution < -0.4 is 14.8 Å². The van der Waals surface area contributed by atoms with Gasteiger partial charge >= 0.3 is 0 Å². The zero-order valence-corrected chi connectivity index (χ0v) is 12.9. The van der Waals surface area contributed by atoms with E-state index in [-0.39, 0.29) is 0 Å². The van der Waals surface area contributed by atoms with Crippen molar-refractivity contribution in [3.8, 4) is 11.5 Å². The number of hydrogen-bond acceptors (Lipinski definition) is 4. The molecule has 0 radical (unpaired) electrons. The van der Waals surface area contributed by atoms with E-state index in [9.17, 15) is 0 Å². The van der Waals surface area contributed by atoms with Crippen LogP contribution in [0.4, 0.5) is 0 Å². The quantitative estimate of drug-likeness (QED) is 0.633. The van der Waals surface area contributed by atoms with E-state index >= 15 is 0 Å². The van der Waals surface area contributed by atoms with Gasteiger partial charge in [0.15, 0.2) is 11.5 Å². The van der Waals surface area contributed by atoms with E-state index < -0.39 is 0 Å². The topological polar surface area (TPSA) is 39.7 Å². The first-order valence-electron chi connectivity index (χ1n) is 7.33. The summed E-state index contributed by atoms with van der Waals surface area (Å²) in [5, 5.41) is 3.29. The van der Waals surface area contributed by atoms with Crippen molar-refractivity contribution in [2.24, 2.45) is 0 Å². The molecule has 0 aliphatic rings. The van der Waals surface area contributed by atoms with Gasteiger partial charge in [-0.3, -0.25) is 0 Å². The molecule has 0 heterocycles. The fourth-order valence-electron chi connectivity index (χ4n) is 1.75. The Labute approximate surface area is 122 Å². The third-order valence-corrected chi connectivity index (χ3v) is 2.92. The van der Waals surface area contributed by atoms with E-state index in [0.29, 0.717) is 6.61 Å². The van der Waals surface area contributed by atoms with Crippen molar-refractivity contribution in [3.05, 3.63) is 23.8 Å². The van der Waals surface area contributed by atoms with E-state index in [0.717, 1.165) is 49.8 Å². The third-order valence-electron chi connectivity index (χ3n) is 2.92. The third kappa shape index (κ3) is 6.78. The van der Waals surface area contributed by atoms with Gasteiger partial charge in [-0.1, -0.05) is 19.4 Å². The molecule has 0 saturated carbocycles. The summed E-state index contributed by atoms with van der Waals surface area (Å²) >= 11 is 0. The lowest BCUT2D eigenvalue weighted by molar-refractivity contribution is 0.132. The van der Waals surface area contributed by atoms with Gasteiger partial charge in [0, 0.05) is 19.7 Å². The average Bonchev–Trinajstić information content (AvgIpc) is 2.46. The molecule has 0 fully saturated rings. The van der Waals surface area contributed by atoms with E-state index in [4.69, 9.17) is 14.2 Å². The van der Waals surface area contributed by atoms with Gasteiger partial charge in [-0.2, -0.15) is 0 Å². The van der Waals surface area contributed by atoms with Gasteiger partial charge in [0.25, 0.3) is 0 Å². The molecule has 0 aromatic heterocycles. The van der Waals surface area contributed by atoms with Gasteiger partial charge in [0.2, 0.25) is 0 Å². The van der Waals surface area contributed by atoms with Crippen LogP contribution >= 0.6 is 0 Å². The number of nitrogens with one attached hydrogen (secondary N) is 1. The zero-order valence-electron chi connectivity index (χ0n) is 12.9. The van der Waals surface area contributed by atoms with Crippen molar-refractivity contribution in [1.82, 2.24) is 5.32 Å². The van der Waals surface area contributed by atoms with Crippen LogP contribution in [0.2, 0.25) is 0 Å². The summed E-state index contributed by atoms with van der Waals surface area (Å²) in [5.74, 6) is 1.58. The molecule has 1 aromatic carbocycles. The molecule has 4 nitrogen and oxygen atoms in total. The number of aryl methyl sites for hydroxylation is 1. The largest absolute Gasteiger partial charge is 0.493 e. The Morgan fingerprint density at radius 3 is 2.60 bits per heavy atom. The lowest BCUT2D eigenvalue weighted by Gasteiger charge is -2.11. The van der Waals surface area contributed by atoms with Crippen LogP contribution in [-0.4, -0.2) is 40.0 Å². The van der Waals surface area contributed by atoms with Crippen LogP contribution in [0.15, 0.2) is 18.2 Å². The summed E-state index contributed by atoms with van der Waals surface area (Å²) in [4.78, 5) is 0. The van der Waals surface area contributed by atoms with Crippen LogP contribution in [0, 0.1) is 6.92 Å². The molecule has 1 rings (SSSR count). The molecule has 0 amide bonds. The molecular formula is C16H27NO3. The molecule has 20 heavy (non-hydrogen) atoms. The summed E-state index contributed by atoms with van der Waals surface area (Å²) < 4.78 is 16.5. The van der Waals surface area contributed by atoms with Crippen LogP contribution in [-0.2, 0) is 4.74 Å². The molecule has 0 atom stereocenters. The van der Waals surface area contributed by atoms with Crippen molar-refractivity contribution in [3.63, 3.8) is 0 Å². The number of rotatable bonds is 11. The standard InChI is InChI=1S/C16H27NO3/c1-4-5-10-19-11-8-17-9-12-20-15-7-6-14(2)13-16(15)18-3/h6-7,13,17H,4-5,8-12H2,1-3H3. The van der Waals surface area contributed by atoms with Crippen LogP contribution in [0.3, 0.4) is 0 Å². The first-order chi connectivity index (χ1) is 9.77. The number of unbranched alkanes of at least 4 members (excludes halogenated alkanes) is 1. The maximum absolute atomic E-state index is 5.70. The maximum Gasteiger partial charge on any atom is 0.161 e. The first-order valence-corrected chi connectivity index (χ1v) is 7.33. The van der Waals surface area contributed by atoms with E-state index in [1.54, 1.807) is 7.11 Å². The average molecular weight is 281 g/mol. The molecular weight excluding hydrogens is 254 g/mol. The van der Waals surface area contributed by atoms with Gasteiger partial charge in [-0.05, 0) is 31.0 Å². The van der Waals surface area contributed by atoms with E-state index in [2.05, 4.69) is 12.2 Å². The first kappa shape index (κ1) is 16.8. The van der Waals surface area contributed by atoms with Gasteiger partial charge < -0.3 is 19.5 Å². The molecule has 114 valence electrons. The van der Waals surface area contributed by atoms with Crippen molar-refractivity contribution in [2.45, 2.75) is 26.7 Å². The van der Waals surface area contributed by atoms with E-state index in [1.807, 2.05) is 25.1 Å². The second-order valence-corrected chi connectivity index (χ2v) is 4.72. The minimum atomic E-state index is 0.619. The SMILES string of the molecule is CCCCOCCNCCOc1ccc(C)cc1OC. The highest BCUT2D eigenvalue weighted by Crippen LogP contribution is 2.27. The Morgan fingerprint density at radius 1 is 1.05 bits per heavy atom. The molecule has 1 aromatic rings. The molecule has 4 heteroatoms. The summed E-state index contributed by atoms with van der Waals surface area (Å²) in [6, 6.07) is 5.94. The molecule has 0 spiro atoms. The lowest BCUT2D eigenvalue weighted by Crippen LogP contribution is -2.25. The number of hydrogen-bond donors (Lipinski definition) is 1. The van der Waals surface area contributed by atoms with Crippen molar-refractivity contribution in [1.29, 1.82) is 0 Å². The Balaban J connectivity index is 2.09. The second-order valence-electron chi connectivity index (χ2n) is 4.72. The minimum Gasteiger partial charge on any atom is -0.493 e. The molecule has 0 unspecified atom stereocenters. The molecule has 0 saturated heterocycles. The second kappa shape index (κ2) is 10.5. The smallest absolute Gasteiger partial charge is 0.161 e. The van der Waals surface area contributed by atoms with Crippen molar-refractivity contribution >= 4 is 0 Å². The highest BCUT2D eigenvalue weighted by atomic mass is 16.5. The summed E-state index contributed by atoms with van der Waals surface area (Å²) in [5.41, 5.74) is 1.16. The predicted molar refractivity (Wildman–Crippen MR) is 81.8 cm³/mol. The van der Waals surface area contributed by atoms with Crippen LogP contribution in [0.1, 0.15) is 25.3 Å². The normalized spacial score (nSPS) is 10.6. The summed E-state index contributed by atoms with van der Waals surface area (Å²) in [6.45, 7) is 8.09. The fourth-order valence-corrected chi connectivity index (χ4v) is 1.75. The Bertz CT molecular complexity index is 369. The van der Waals surface area contributed by atoms with Gasteiger partial charge in [-0.15, -0.1) is 0 Å². The summed E-state index contributed by atoms with van der Waals surface area (Å²) in [6.07, 6.45) is 2.32. The van der Waals surface area contributed by atoms with Crippen LogP contribution in [0.5, 0.6) is 11.5 Å². The van der Waals surface area contributed by atoms with Crippen molar-refractivity contribution < 1.29 is 14.2 Å².